The van der Waals surface area contributed by atoms with Gasteiger partial charge in [-0.15, -0.1) is 0 Å². The SMILES string of the molecule is COCCn1ccc(NC(=O)N2CCNC(=O)CC2c2ccccc2)n1. The molecule has 1 fully saturated rings. The van der Waals surface area contributed by atoms with Crippen molar-refractivity contribution in [2.24, 2.45) is 0 Å². The zero-order valence-electron chi connectivity index (χ0n) is 14.7. The lowest BCUT2D eigenvalue weighted by atomic mass is 10.0. The number of hydrogen-bond acceptors (Lipinski definition) is 4. The van der Waals surface area contributed by atoms with E-state index in [1.54, 1.807) is 29.0 Å². The molecule has 26 heavy (non-hydrogen) atoms. The number of carbonyl (C=O) groups is 2. The highest BCUT2D eigenvalue weighted by Gasteiger charge is 2.30. The maximum Gasteiger partial charge on any atom is 0.323 e. The molecule has 0 spiro atoms. The summed E-state index contributed by atoms with van der Waals surface area (Å²) >= 11 is 0. The minimum absolute atomic E-state index is 0.0574. The molecule has 1 aromatic carbocycles. The Bertz CT molecular complexity index is 746. The van der Waals surface area contributed by atoms with E-state index in [-0.39, 0.29) is 24.4 Å². The van der Waals surface area contributed by atoms with Gasteiger partial charge in [0.1, 0.15) is 0 Å². The second kappa shape index (κ2) is 8.48. The van der Waals surface area contributed by atoms with Crippen LogP contribution in [0.25, 0.3) is 0 Å². The van der Waals surface area contributed by atoms with Gasteiger partial charge in [0.25, 0.3) is 0 Å². The summed E-state index contributed by atoms with van der Waals surface area (Å²) in [6.45, 7) is 2.02. The maximum atomic E-state index is 12.8. The summed E-state index contributed by atoms with van der Waals surface area (Å²) in [5.74, 6) is 0.416. The molecule has 3 amide bonds. The number of hydrogen-bond donors (Lipinski definition) is 2. The van der Waals surface area contributed by atoms with Gasteiger partial charge in [0.15, 0.2) is 5.82 Å². The molecule has 0 aliphatic carbocycles. The van der Waals surface area contributed by atoms with E-state index in [0.717, 1.165) is 5.56 Å². The Morgan fingerprint density at radius 2 is 2.15 bits per heavy atom. The van der Waals surface area contributed by atoms with Gasteiger partial charge in [-0.05, 0) is 5.56 Å². The zero-order chi connectivity index (χ0) is 18.4. The number of nitrogens with zero attached hydrogens (tertiary/aromatic N) is 3. The van der Waals surface area contributed by atoms with E-state index in [9.17, 15) is 9.59 Å². The lowest BCUT2D eigenvalue weighted by molar-refractivity contribution is -0.121. The number of ether oxygens (including phenoxy) is 1. The highest BCUT2D eigenvalue weighted by atomic mass is 16.5. The fourth-order valence-corrected chi connectivity index (χ4v) is 2.96. The number of carbonyl (C=O) groups excluding carboxylic acids is 2. The van der Waals surface area contributed by atoms with E-state index in [1.165, 1.54) is 0 Å². The first-order valence-electron chi connectivity index (χ1n) is 8.59. The lowest BCUT2D eigenvalue weighted by Gasteiger charge is -2.29. The molecular formula is C18H23N5O3. The Morgan fingerprint density at radius 1 is 1.35 bits per heavy atom. The van der Waals surface area contributed by atoms with Crippen LogP contribution in [-0.4, -0.2) is 53.4 Å². The molecular weight excluding hydrogens is 334 g/mol. The highest BCUT2D eigenvalue weighted by molar-refractivity contribution is 5.89. The molecule has 1 atom stereocenters. The molecule has 0 bridgehead atoms. The van der Waals surface area contributed by atoms with Crippen molar-refractivity contribution in [3.05, 3.63) is 48.2 Å². The molecule has 0 radical (unpaired) electrons. The highest BCUT2D eigenvalue weighted by Crippen LogP contribution is 2.26. The number of methoxy groups -OCH3 is 1. The van der Waals surface area contributed by atoms with Crippen LogP contribution in [0.4, 0.5) is 10.6 Å². The summed E-state index contributed by atoms with van der Waals surface area (Å²) in [6.07, 6.45) is 2.02. The van der Waals surface area contributed by atoms with E-state index in [1.807, 2.05) is 30.3 Å². The number of nitrogens with one attached hydrogen (secondary N) is 2. The Balaban J connectivity index is 1.74. The molecule has 2 N–H and O–H groups in total. The third-order valence-corrected chi connectivity index (χ3v) is 4.28. The van der Waals surface area contributed by atoms with Gasteiger partial charge >= 0.3 is 6.03 Å². The Kier molecular flexibility index (Phi) is 5.85. The van der Waals surface area contributed by atoms with Gasteiger partial charge < -0.3 is 15.0 Å². The van der Waals surface area contributed by atoms with E-state index < -0.39 is 0 Å². The van der Waals surface area contributed by atoms with Gasteiger partial charge in [0.2, 0.25) is 5.91 Å². The third kappa shape index (κ3) is 4.40. The van der Waals surface area contributed by atoms with Crippen LogP contribution in [0, 0.1) is 0 Å². The van der Waals surface area contributed by atoms with Gasteiger partial charge in [-0.3, -0.25) is 14.8 Å². The number of urea groups is 1. The normalized spacial score (nSPS) is 17.5. The first-order valence-corrected chi connectivity index (χ1v) is 8.59. The van der Waals surface area contributed by atoms with Crippen molar-refractivity contribution in [2.45, 2.75) is 19.0 Å². The van der Waals surface area contributed by atoms with E-state index in [0.29, 0.717) is 32.1 Å². The minimum atomic E-state index is -0.311. The Hall–Kier alpha value is -2.87. The van der Waals surface area contributed by atoms with Crippen molar-refractivity contribution in [2.75, 3.05) is 32.1 Å². The fraction of sp³-hybridized carbons (Fsp3) is 0.389. The smallest absolute Gasteiger partial charge is 0.323 e. The summed E-state index contributed by atoms with van der Waals surface area (Å²) in [5.41, 5.74) is 0.935. The number of amides is 3. The topological polar surface area (TPSA) is 88.5 Å². The predicted molar refractivity (Wildman–Crippen MR) is 96.6 cm³/mol. The van der Waals surface area contributed by atoms with E-state index in [2.05, 4.69) is 15.7 Å². The number of rotatable bonds is 5. The van der Waals surface area contributed by atoms with Crippen molar-refractivity contribution in [1.82, 2.24) is 20.0 Å². The van der Waals surface area contributed by atoms with Crippen molar-refractivity contribution in [1.29, 1.82) is 0 Å². The molecule has 8 heteroatoms. The number of anilines is 1. The van der Waals surface area contributed by atoms with Crippen LogP contribution < -0.4 is 10.6 Å². The average molecular weight is 357 g/mol. The molecule has 1 unspecified atom stereocenters. The number of benzene rings is 1. The molecule has 1 aliphatic heterocycles. The first-order chi connectivity index (χ1) is 12.7. The van der Waals surface area contributed by atoms with Crippen LogP contribution in [-0.2, 0) is 16.1 Å². The molecule has 1 saturated heterocycles. The van der Waals surface area contributed by atoms with Gasteiger partial charge in [-0.2, -0.15) is 5.10 Å². The Morgan fingerprint density at radius 3 is 2.92 bits per heavy atom. The molecule has 2 heterocycles. The molecule has 8 nitrogen and oxygen atoms in total. The van der Waals surface area contributed by atoms with Crippen molar-refractivity contribution in [3.63, 3.8) is 0 Å². The summed E-state index contributed by atoms with van der Waals surface area (Å²) in [4.78, 5) is 26.5. The maximum absolute atomic E-state index is 12.8. The predicted octanol–water partition coefficient (Wildman–Crippen LogP) is 1.62. The minimum Gasteiger partial charge on any atom is -0.383 e. The van der Waals surface area contributed by atoms with Gasteiger partial charge in [-0.25, -0.2) is 4.79 Å². The van der Waals surface area contributed by atoms with Crippen molar-refractivity contribution in [3.8, 4) is 0 Å². The largest absolute Gasteiger partial charge is 0.383 e. The molecule has 2 aromatic rings. The summed E-state index contributed by atoms with van der Waals surface area (Å²) in [5, 5.41) is 9.97. The van der Waals surface area contributed by atoms with E-state index in [4.69, 9.17) is 4.74 Å². The van der Waals surface area contributed by atoms with Crippen LogP contribution in [0.15, 0.2) is 42.6 Å². The monoisotopic (exact) mass is 357 g/mol. The second-order valence-corrected chi connectivity index (χ2v) is 6.06. The average Bonchev–Trinajstić information content (AvgIpc) is 3.00. The van der Waals surface area contributed by atoms with Gasteiger partial charge in [0.05, 0.1) is 25.6 Å². The first kappa shape index (κ1) is 17.9. The van der Waals surface area contributed by atoms with Crippen LogP contribution in [0.3, 0.4) is 0 Å². The lowest BCUT2D eigenvalue weighted by Crippen LogP contribution is -2.39. The molecule has 138 valence electrons. The van der Waals surface area contributed by atoms with Gasteiger partial charge in [-0.1, -0.05) is 30.3 Å². The molecule has 0 saturated carbocycles. The van der Waals surface area contributed by atoms with Crippen molar-refractivity contribution >= 4 is 17.8 Å². The molecule has 1 aliphatic rings. The molecule has 3 rings (SSSR count). The second-order valence-electron chi connectivity index (χ2n) is 6.06. The molecule has 1 aromatic heterocycles. The van der Waals surface area contributed by atoms with E-state index >= 15 is 0 Å². The summed E-state index contributed by atoms with van der Waals surface area (Å²) < 4.78 is 6.73. The fourth-order valence-electron chi connectivity index (χ4n) is 2.96. The zero-order valence-corrected chi connectivity index (χ0v) is 14.7. The quantitative estimate of drug-likeness (QED) is 0.851. The third-order valence-electron chi connectivity index (χ3n) is 4.28. The van der Waals surface area contributed by atoms with Gasteiger partial charge in [0, 0.05) is 32.5 Å². The van der Waals surface area contributed by atoms with Crippen LogP contribution >= 0.6 is 0 Å². The standard InChI is InChI=1S/C18H23N5O3/c1-26-12-11-22-9-7-16(21-22)20-18(25)23-10-8-19-17(24)13-15(23)14-5-3-2-4-6-14/h2-7,9,15H,8,10-13H2,1H3,(H,19,24)(H,20,21,25). The van der Waals surface area contributed by atoms with Crippen LogP contribution in [0.2, 0.25) is 0 Å². The van der Waals surface area contributed by atoms with Crippen molar-refractivity contribution < 1.29 is 14.3 Å². The van der Waals surface area contributed by atoms with Crippen LogP contribution in [0.1, 0.15) is 18.0 Å². The Labute approximate surface area is 152 Å². The number of aromatic nitrogens is 2. The summed E-state index contributed by atoms with van der Waals surface area (Å²) in [6, 6.07) is 10.8. The summed E-state index contributed by atoms with van der Waals surface area (Å²) in [7, 11) is 1.63. The van der Waals surface area contributed by atoms with Crippen LogP contribution in [0.5, 0.6) is 0 Å².